The van der Waals surface area contributed by atoms with Crippen LogP contribution in [0, 0.1) is 5.92 Å². The van der Waals surface area contributed by atoms with Crippen LogP contribution in [0.25, 0.3) is 0 Å². The summed E-state index contributed by atoms with van der Waals surface area (Å²) in [7, 11) is 0. The first-order valence-corrected chi connectivity index (χ1v) is 12.5. The monoisotopic (exact) mass is 469 g/mol. The molecule has 2 N–H and O–H groups in total. The van der Waals surface area contributed by atoms with E-state index in [4.69, 9.17) is 0 Å². The molecule has 0 amide bonds. The molecule has 0 bridgehead atoms. The lowest BCUT2D eigenvalue weighted by Gasteiger charge is -2.42. The average Bonchev–Trinajstić information content (AvgIpc) is 2.93. The van der Waals surface area contributed by atoms with Crippen molar-refractivity contribution in [2.45, 2.75) is 37.4 Å². The quantitative estimate of drug-likeness (QED) is 0.303. The molecule has 1 aliphatic heterocycles. The summed E-state index contributed by atoms with van der Waals surface area (Å²) in [5.41, 5.74) is 2.31. The Labute approximate surface area is 208 Å². The van der Waals surface area contributed by atoms with Gasteiger partial charge in [0.2, 0.25) is 0 Å². The van der Waals surface area contributed by atoms with Crippen molar-refractivity contribution < 1.29 is 15.0 Å². The van der Waals surface area contributed by atoms with E-state index in [1.165, 1.54) is 6.08 Å². The van der Waals surface area contributed by atoms with Gasteiger partial charge >= 0.3 is 0 Å². The average molecular weight is 470 g/mol. The Balaban J connectivity index is 1.32. The minimum absolute atomic E-state index is 0.127. The number of piperidine rings is 1. The molecule has 1 aliphatic rings. The number of nitrogens with zero attached hydrogens (tertiary/aromatic N) is 1. The number of carbonyl (C=O) groups is 1. The molecule has 0 aliphatic carbocycles. The zero-order chi connectivity index (χ0) is 24.7. The second-order valence-electron chi connectivity index (χ2n) is 9.44. The van der Waals surface area contributed by atoms with Gasteiger partial charge in [-0.15, -0.1) is 6.58 Å². The summed E-state index contributed by atoms with van der Waals surface area (Å²) in [6.45, 7) is 6.29. The van der Waals surface area contributed by atoms with E-state index >= 15 is 0 Å². The predicted octanol–water partition coefficient (Wildman–Crippen LogP) is 5.52. The van der Waals surface area contributed by atoms with Gasteiger partial charge in [-0.2, -0.15) is 0 Å². The molecule has 0 radical (unpaired) electrons. The molecule has 3 aromatic rings. The molecule has 1 fully saturated rings. The van der Waals surface area contributed by atoms with Crippen molar-refractivity contribution >= 4 is 5.78 Å². The summed E-state index contributed by atoms with van der Waals surface area (Å²) in [5, 5.41) is 21.8. The van der Waals surface area contributed by atoms with E-state index < -0.39 is 11.7 Å². The Kier molecular flexibility index (Phi) is 8.29. The zero-order valence-corrected chi connectivity index (χ0v) is 20.2. The fraction of sp³-hybridized carbons (Fsp3) is 0.323. The van der Waals surface area contributed by atoms with E-state index in [9.17, 15) is 15.0 Å². The normalized spacial score (nSPS) is 16.1. The molecule has 0 aromatic heterocycles. The minimum atomic E-state index is -1.00. The van der Waals surface area contributed by atoms with Crippen molar-refractivity contribution in [3.63, 3.8) is 0 Å². The number of hydrogen-bond donors (Lipinski definition) is 2. The maximum absolute atomic E-state index is 12.6. The lowest BCUT2D eigenvalue weighted by Crippen LogP contribution is -2.44. The van der Waals surface area contributed by atoms with Crippen LogP contribution in [0.15, 0.2) is 97.6 Å². The van der Waals surface area contributed by atoms with Crippen LogP contribution in [0.4, 0.5) is 0 Å². The van der Waals surface area contributed by atoms with Crippen LogP contribution in [-0.4, -0.2) is 40.5 Å². The molecule has 1 atom stereocenters. The van der Waals surface area contributed by atoms with Crippen molar-refractivity contribution in [3.05, 3.63) is 120 Å². The molecule has 4 heteroatoms. The molecule has 1 unspecified atom stereocenters. The topological polar surface area (TPSA) is 60.8 Å². The molecule has 0 spiro atoms. The van der Waals surface area contributed by atoms with Gasteiger partial charge in [-0.3, -0.25) is 4.79 Å². The van der Waals surface area contributed by atoms with Crippen LogP contribution in [0.3, 0.4) is 0 Å². The van der Waals surface area contributed by atoms with Crippen LogP contribution in [-0.2, 0) is 5.60 Å². The smallest absolute Gasteiger partial charge is 0.162 e. The van der Waals surface area contributed by atoms with E-state index in [1.54, 1.807) is 24.3 Å². The first kappa shape index (κ1) is 25.1. The summed E-state index contributed by atoms with van der Waals surface area (Å²) >= 11 is 0. The Hall–Kier alpha value is -3.05. The van der Waals surface area contributed by atoms with Gasteiger partial charge in [-0.1, -0.05) is 91.0 Å². The third kappa shape index (κ3) is 5.79. The summed E-state index contributed by atoms with van der Waals surface area (Å²) in [6.07, 6.45) is 3.88. The van der Waals surface area contributed by atoms with Crippen LogP contribution in [0.5, 0.6) is 0 Å². The maximum atomic E-state index is 12.6. The fourth-order valence-corrected chi connectivity index (χ4v) is 5.21. The van der Waals surface area contributed by atoms with E-state index in [1.807, 2.05) is 60.7 Å². The van der Waals surface area contributed by atoms with Crippen molar-refractivity contribution in [3.8, 4) is 0 Å². The Morgan fingerprint density at radius 3 is 2.00 bits per heavy atom. The fourth-order valence-electron chi connectivity index (χ4n) is 5.21. The highest BCUT2D eigenvalue weighted by Gasteiger charge is 2.41. The van der Waals surface area contributed by atoms with E-state index in [0.717, 1.165) is 55.6 Å². The molecule has 4 nitrogen and oxygen atoms in total. The molecular formula is C31H35NO3. The molecule has 3 aromatic carbocycles. The van der Waals surface area contributed by atoms with Crippen molar-refractivity contribution in [2.75, 3.05) is 19.6 Å². The van der Waals surface area contributed by atoms with Gasteiger partial charge in [-0.05, 0) is 61.5 Å². The van der Waals surface area contributed by atoms with Crippen LogP contribution < -0.4 is 0 Å². The number of ketones is 1. The van der Waals surface area contributed by atoms with Crippen molar-refractivity contribution in [1.82, 2.24) is 4.90 Å². The lowest BCUT2D eigenvalue weighted by molar-refractivity contribution is -0.0142. The van der Waals surface area contributed by atoms with Gasteiger partial charge in [0.05, 0.1) is 6.10 Å². The molecular weight excluding hydrogens is 434 g/mol. The third-order valence-corrected chi connectivity index (χ3v) is 7.28. The second-order valence-corrected chi connectivity index (χ2v) is 9.44. The van der Waals surface area contributed by atoms with E-state index in [0.29, 0.717) is 12.0 Å². The van der Waals surface area contributed by atoms with Gasteiger partial charge < -0.3 is 15.1 Å². The van der Waals surface area contributed by atoms with Gasteiger partial charge in [0, 0.05) is 12.0 Å². The molecule has 0 saturated carbocycles. The summed E-state index contributed by atoms with van der Waals surface area (Å²) in [6, 6.07) is 27.2. The van der Waals surface area contributed by atoms with E-state index in [-0.39, 0.29) is 11.7 Å². The Morgan fingerprint density at radius 1 is 0.943 bits per heavy atom. The molecule has 182 valence electrons. The van der Waals surface area contributed by atoms with Gasteiger partial charge in [0.1, 0.15) is 5.60 Å². The Bertz CT molecular complexity index is 1050. The molecule has 1 heterocycles. The van der Waals surface area contributed by atoms with Crippen molar-refractivity contribution in [2.24, 2.45) is 5.92 Å². The Morgan fingerprint density at radius 2 is 1.49 bits per heavy atom. The highest BCUT2D eigenvalue weighted by Crippen LogP contribution is 2.41. The highest BCUT2D eigenvalue weighted by molar-refractivity contribution is 5.96. The second kappa shape index (κ2) is 11.6. The van der Waals surface area contributed by atoms with Crippen LogP contribution >= 0.6 is 0 Å². The molecule has 4 rings (SSSR count). The standard InChI is InChI=1S/C31H35NO3/c1-2-29(33)24-15-17-25(18-16-24)30(34)14-9-21-32-22-19-28(20-23-32)31(35,26-10-5-3-6-11-26)27-12-7-4-8-13-27/h2-8,10-13,15-18,28-29,33,35H,1,9,14,19-23H2. The third-order valence-electron chi connectivity index (χ3n) is 7.28. The maximum Gasteiger partial charge on any atom is 0.162 e. The first-order valence-electron chi connectivity index (χ1n) is 12.5. The number of aliphatic hydroxyl groups excluding tert-OH is 1. The number of benzene rings is 3. The van der Waals surface area contributed by atoms with E-state index in [2.05, 4.69) is 11.5 Å². The molecule has 1 saturated heterocycles. The van der Waals surface area contributed by atoms with Crippen LogP contribution in [0.2, 0.25) is 0 Å². The number of carbonyl (C=O) groups excluding carboxylic acids is 1. The molecule has 35 heavy (non-hydrogen) atoms. The first-order chi connectivity index (χ1) is 17.0. The zero-order valence-electron chi connectivity index (χ0n) is 20.2. The number of rotatable bonds is 10. The van der Waals surface area contributed by atoms with Gasteiger partial charge in [0.25, 0.3) is 0 Å². The highest BCUT2D eigenvalue weighted by atomic mass is 16.3. The largest absolute Gasteiger partial charge is 0.384 e. The summed E-state index contributed by atoms with van der Waals surface area (Å²) < 4.78 is 0. The lowest BCUT2D eigenvalue weighted by atomic mass is 9.72. The number of likely N-dealkylation sites (tertiary alicyclic amines) is 1. The SMILES string of the molecule is C=CC(O)c1ccc(C(=O)CCCN2CCC(C(O)(c3ccccc3)c3ccccc3)CC2)cc1. The van der Waals surface area contributed by atoms with Crippen LogP contribution in [0.1, 0.15) is 58.8 Å². The predicted molar refractivity (Wildman–Crippen MR) is 140 cm³/mol. The number of hydrogen-bond acceptors (Lipinski definition) is 4. The summed E-state index contributed by atoms with van der Waals surface area (Å²) in [4.78, 5) is 15.0. The van der Waals surface area contributed by atoms with Gasteiger partial charge in [0.15, 0.2) is 5.78 Å². The number of aliphatic hydroxyl groups is 2. The number of Topliss-reactive ketones (excluding diaryl/α,β-unsaturated/α-hetero) is 1. The van der Waals surface area contributed by atoms with Gasteiger partial charge in [-0.25, -0.2) is 0 Å². The van der Waals surface area contributed by atoms with Crippen molar-refractivity contribution in [1.29, 1.82) is 0 Å². The minimum Gasteiger partial charge on any atom is -0.384 e. The summed E-state index contributed by atoms with van der Waals surface area (Å²) in [5.74, 6) is 0.261.